The summed E-state index contributed by atoms with van der Waals surface area (Å²) in [5, 5.41) is 10.4. The van der Waals surface area contributed by atoms with Crippen LogP contribution < -0.4 is 10.5 Å². The number of ether oxygens (including phenoxy) is 1. The van der Waals surface area contributed by atoms with Gasteiger partial charge in [0.1, 0.15) is 5.75 Å². The Morgan fingerprint density at radius 2 is 1.93 bits per heavy atom. The van der Waals surface area contributed by atoms with Gasteiger partial charge in [-0.1, -0.05) is 29.8 Å². The van der Waals surface area contributed by atoms with Crippen LogP contribution >= 0.6 is 11.6 Å². The molecule has 0 bridgehead atoms. The number of carbonyl (C=O) groups excluding carboxylic acids is 1. The SMILES string of the molecule is Cc1ccc(C(N)=O)cc1-c1ccc2c(Oc3cccc(Cl)c3)nncc2c1. The van der Waals surface area contributed by atoms with E-state index in [0.29, 0.717) is 22.2 Å². The quantitative estimate of drug-likeness (QED) is 0.523. The Hall–Kier alpha value is -3.44. The number of halogens is 1. The average molecular weight is 390 g/mol. The number of hydrogen-bond acceptors (Lipinski definition) is 4. The second kappa shape index (κ2) is 7.29. The summed E-state index contributed by atoms with van der Waals surface area (Å²) in [6, 6.07) is 18.4. The Balaban J connectivity index is 1.77. The summed E-state index contributed by atoms with van der Waals surface area (Å²) >= 11 is 6.02. The molecule has 4 aromatic rings. The maximum absolute atomic E-state index is 11.5. The van der Waals surface area contributed by atoms with Crippen LogP contribution in [-0.2, 0) is 0 Å². The molecule has 28 heavy (non-hydrogen) atoms. The Kier molecular flexibility index (Phi) is 4.67. The van der Waals surface area contributed by atoms with Gasteiger partial charge in [0.2, 0.25) is 11.8 Å². The molecule has 0 aliphatic rings. The van der Waals surface area contributed by atoms with Crippen LogP contribution in [0.15, 0.2) is 66.9 Å². The average Bonchev–Trinajstić information content (AvgIpc) is 2.68. The van der Waals surface area contributed by atoms with Crippen molar-refractivity contribution < 1.29 is 9.53 Å². The molecule has 0 fully saturated rings. The third kappa shape index (κ3) is 3.52. The molecule has 1 heterocycles. The van der Waals surface area contributed by atoms with Crippen molar-refractivity contribution in [2.24, 2.45) is 5.73 Å². The standard InChI is InChI=1S/C22H16ClN3O2/c1-13-5-6-15(21(24)27)10-20(13)14-7-8-19-16(9-14)12-25-26-22(19)28-18-4-2-3-17(23)11-18/h2-12H,1H3,(H2,24,27). The van der Waals surface area contributed by atoms with Crippen LogP contribution in [0, 0.1) is 6.92 Å². The van der Waals surface area contributed by atoms with Gasteiger partial charge in [-0.3, -0.25) is 4.79 Å². The zero-order valence-corrected chi connectivity index (χ0v) is 15.8. The van der Waals surface area contributed by atoms with Gasteiger partial charge in [0.25, 0.3) is 0 Å². The number of nitrogens with two attached hydrogens (primary N) is 1. The van der Waals surface area contributed by atoms with E-state index < -0.39 is 5.91 Å². The molecule has 6 heteroatoms. The number of carbonyl (C=O) groups is 1. The fourth-order valence-electron chi connectivity index (χ4n) is 3.03. The van der Waals surface area contributed by atoms with Crippen LogP contribution in [0.2, 0.25) is 5.02 Å². The normalized spacial score (nSPS) is 10.8. The fraction of sp³-hybridized carbons (Fsp3) is 0.0455. The summed E-state index contributed by atoms with van der Waals surface area (Å²) in [6.45, 7) is 1.99. The first kappa shape index (κ1) is 17.9. The van der Waals surface area contributed by atoms with Crippen LogP contribution in [0.4, 0.5) is 0 Å². The minimum Gasteiger partial charge on any atom is -0.437 e. The van der Waals surface area contributed by atoms with Gasteiger partial charge in [-0.05, 0) is 66.1 Å². The largest absolute Gasteiger partial charge is 0.437 e. The van der Waals surface area contributed by atoms with E-state index in [1.807, 2.05) is 37.3 Å². The maximum Gasteiger partial charge on any atom is 0.248 e. The van der Waals surface area contributed by atoms with Gasteiger partial charge >= 0.3 is 0 Å². The summed E-state index contributed by atoms with van der Waals surface area (Å²) in [4.78, 5) is 11.5. The van der Waals surface area contributed by atoms with Gasteiger partial charge in [0, 0.05) is 21.4 Å². The van der Waals surface area contributed by atoms with Gasteiger partial charge in [-0.15, -0.1) is 5.10 Å². The second-order valence-corrected chi connectivity index (χ2v) is 6.84. The lowest BCUT2D eigenvalue weighted by atomic mass is 9.96. The Morgan fingerprint density at radius 3 is 2.71 bits per heavy atom. The minimum atomic E-state index is -0.454. The molecular weight excluding hydrogens is 374 g/mol. The van der Waals surface area contributed by atoms with Gasteiger partial charge in [-0.2, -0.15) is 5.10 Å². The first-order chi connectivity index (χ1) is 13.5. The molecule has 0 saturated heterocycles. The zero-order chi connectivity index (χ0) is 19.7. The van der Waals surface area contributed by atoms with E-state index in [4.69, 9.17) is 22.1 Å². The lowest BCUT2D eigenvalue weighted by Gasteiger charge is -2.11. The molecule has 0 radical (unpaired) electrons. The number of hydrogen-bond donors (Lipinski definition) is 1. The van der Waals surface area contributed by atoms with Crippen LogP contribution in [0.1, 0.15) is 15.9 Å². The number of nitrogens with zero attached hydrogens (tertiary/aromatic N) is 2. The third-order valence-electron chi connectivity index (χ3n) is 4.47. The van der Waals surface area contributed by atoms with Crippen molar-refractivity contribution >= 4 is 28.3 Å². The molecule has 1 amide bonds. The number of primary amides is 1. The van der Waals surface area contributed by atoms with Crippen molar-refractivity contribution in [1.29, 1.82) is 0 Å². The van der Waals surface area contributed by atoms with E-state index in [1.165, 1.54) is 0 Å². The molecule has 0 atom stereocenters. The van der Waals surface area contributed by atoms with Crippen LogP contribution in [0.3, 0.4) is 0 Å². The number of amides is 1. The lowest BCUT2D eigenvalue weighted by Crippen LogP contribution is -2.10. The van der Waals surface area contributed by atoms with Crippen LogP contribution in [0.5, 0.6) is 11.6 Å². The van der Waals surface area contributed by atoms with E-state index in [0.717, 1.165) is 27.5 Å². The topological polar surface area (TPSA) is 78.1 Å². The van der Waals surface area contributed by atoms with E-state index in [2.05, 4.69) is 10.2 Å². The van der Waals surface area contributed by atoms with E-state index in [9.17, 15) is 4.79 Å². The predicted octanol–water partition coefficient (Wildman–Crippen LogP) is 5.15. The summed E-state index contributed by atoms with van der Waals surface area (Å²) in [5.41, 5.74) is 8.83. The van der Waals surface area contributed by atoms with Crippen molar-refractivity contribution in [3.05, 3.63) is 83.0 Å². The zero-order valence-electron chi connectivity index (χ0n) is 15.0. The molecule has 2 N–H and O–H groups in total. The smallest absolute Gasteiger partial charge is 0.248 e. The highest BCUT2D eigenvalue weighted by Crippen LogP contribution is 2.32. The molecule has 0 aliphatic carbocycles. The molecule has 0 aliphatic heterocycles. The van der Waals surface area contributed by atoms with Gasteiger partial charge < -0.3 is 10.5 Å². The highest BCUT2D eigenvalue weighted by Gasteiger charge is 2.11. The van der Waals surface area contributed by atoms with E-state index >= 15 is 0 Å². The molecular formula is C22H16ClN3O2. The Morgan fingerprint density at radius 1 is 1.07 bits per heavy atom. The third-order valence-corrected chi connectivity index (χ3v) is 4.71. The monoisotopic (exact) mass is 389 g/mol. The van der Waals surface area contributed by atoms with Crippen molar-refractivity contribution in [3.63, 3.8) is 0 Å². The summed E-state index contributed by atoms with van der Waals surface area (Å²) < 4.78 is 5.87. The number of rotatable bonds is 4. The summed E-state index contributed by atoms with van der Waals surface area (Å²) in [6.07, 6.45) is 1.68. The highest BCUT2D eigenvalue weighted by molar-refractivity contribution is 6.30. The molecule has 3 aromatic carbocycles. The van der Waals surface area contributed by atoms with Gasteiger partial charge in [0.05, 0.1) is 6.20 Å². The first-order valence-electron chi connectivity index (χ1n) is 8.61. The highest BCUT2D eigenvalue weighted by atomic mass is 35.5. The van der Waals surface area contributed by atoms with Gasteiger partial charge in [-0.25, -0.2) is 0 Å². The first-order valence-corrected chi connectivity index (χ1v) is 8.99. The number of aromatic nitrogens is 2. The van der Waals surface area contributed by atoms with Crippen LogP contribution in [0.25, 0.3) is 21.9 Å². The molecule has 0 spiro atoms. The van der Waals surface area contributed by atoms with Crippen LogP contribution in [-0.4, -0.2) is 16.1 Å². The molecule has 5 nitrogen and oxygen atoms in total. The van der Waals surface area contributed by atoms with E-state index in [1.54, 1.807) is 36.5 Å². The van der Waals surface area contributed by atoms with Crippen molar-refractivity contribution in [2.75, 3.05) is 0 Å². The predicted molar refractivity (Wildman–Crippen MR) is 110 cm³/mol. The molecule has 0 unspecified atom stereocenters. The molecule has 4 rings (SSSR count). The van der Waals surface area contributed by atoms with Crippen molar-refractivity contribution in [2.45, 2.75) is 6.92 Å². The lowest BCUT2D eigenvalue weighted by molar-refractivity contribution is 0.100. The Labute approximate surface area is 166 Å². The number of benzene rings is 3. The molecule has 1 aromatic heterocycles. The minimum absolute atomic E-state index is 0.397. The van der Waals surface area contributed by atoms with Crippen molar-refractivity contribution in [3.8, 4) is 22.8 Å². The maximum atomic E-state index is 11.5. The molecule has 138 valence electrons. The number of aryl methyl sites for hydroxylation is 1. The summed E-state index contributed by atoms with van der Waals surface area (Å²) in [7, 11) is 0. The van der Waals surface area contributed by atoms with Gasteiger partial charge in [0.15, 0.2) is 0 Å². The fourth-order valence-corrected chi connectivity index (χ4v) is 3.21. The molecule has 0 saturated carbocycles. The van der Waals surface area contributed by atoms with E-state index in [-0.39, 0.29) is 0 Å². The second-order valence-electron chi connectivity index (χ2n) is 6.41. The Bertz CT molecular complexity index is 1210. The van der Waals surface area contributed by atoms with Crippen molar-refractivity contribution in [1.82, 2.24) is 10.2 Å². The number of fused-ring (bicyclic) bond motifs is 1. The summed E-state index contributed by atoms with van der Waals surface area (Å²) in [5.74, 6) is 0.530.